The van der Waals surface area contributed by atoms with Gasteiger partial charge in [-0.2, -0.15) is 0 Å². The average molecular weight is 282 g/mol. The maximum atomic E-state index is 11.0. The second-order valence-corrected chi connectivity index (χ2v) is 3.60. The number of carbonyl (C=O) groups is 4. The van der Waals surface area contributed by atoms with E-state index in [0.717, 1.165) is 0 Å². The van der Waals surface area contributed by atoms with Crippen LogP contribution in [0.5, 0.6) is 0 Å². The molecule has 2 unspecified atom stereocenters. The van der Waals surface area contributed by atoms with Crippen LogP contribution in [0.1, 0.15) is 0 Å². The van der Waals surface area contributed by atoms with Crippen molar-refractivity contribution in [3.05, 3.63) is 0 Å². The minimum Gasteiger partial charge on any atom is -0.455 e. The number of carbonyl (C=O) groups excluding carboxylic acids is 4. The van der Waals surface area contributed by atoms with Crippen molar-refractivity contribution in [3.8, 4) is 0 Å². The molecule has 0 saturated heterocycles. The minimum absolute atomic E-state index is 0.210. The number of hydrazine groups is 1. The van der Waals surface area contributed by atoms with Crippen molar-refractivity contribution in [3.63, 3.8) is 0 Å². The molecule has 0 aliphatic heterocycles. The SMILES string of the molecule is O=C(CNNC(=O)COC(=O)P)COC(=O)P. The van der Waals surface area contributed by atoms with Gasteiger partial charge in [0.15, 0.2) is 19.0 Å². The van der Waals surface area contributed by atoms with Gasteiger partial charge in [0, 0.05) is 0 Å². The lowest BCUT2D eigenvalue weighted by atomic mass is 10.4. The third-order valence-corrected chi connectivity index (χ3v) is 1.57. The molecule has 0 heterocycles. The van der Waals surface area contributed by atoms with Gasteiger partial charge in [0.05, 0.1) is 6.54 Å². The highest BCUT2D eigenvalue weighted by molar-refractivity contribution is 7.39. The largest absolute Gasteiger partial charge is 0.455 e. The molecule has 0 bridgehead atoms. The smallest absolute Gasteiger partial charge is 0.320 e. The van der Waals surface area contributed by atoms with Gasteiger partial charge in [-0.15, -0.1) is 0 Å². The van der Waals surface area contributed by atoms with Gasteiger partial charge in [-0.25, -0.2) is 15.0 Å². The van der Waals surface area contributed by atoms with Crippen LogP contribution in [0, 0.1) is 0 Å². The Morgan fingerprint density at radius 1 is 0.941 bits per heavy atom. The lowest BCUT2D eigenvalue weighted by Crippen LogP contribution is -2.43. The van der Waals surface area contributed by atoms with Gasteiger partial charge in [-0.05, 0) is 18.5 Å². The van der Waals surface area contributed by atoms with E-state index >= 15 is 0 Å². The monoisotopic (exact) mass is 282 g/mol. The van der Waals surface area contributed by atoms with Crippen LogP contribution in [0.4, 0.5) is 9.59 Å². The van der Waals surface area contributed by atoms with E-state index in [1.165, 1.54) is 0 Å². The van der Waals surface area contributed by atoms with E-state index in [-0.39, 0.29) is 13.2 Å². The zero-order valence-corrected chi connectivity index (χ0v) is 11.0. The van der Waals surface area contributed by atoms with Crippen LogP contribution in [0.15, 0.2) is 0 Å². The van der Waals surface area contributed by atoms with Crippen molar-refractivity contribution in [2.45, 2.75) is 0 Å². The third-order valence-electron chi connectivity index (χ3n) is 1.23. The quantitative estimate of drug-likeness (QED) is 0.464. The van der Waals surface area contributed by atoms with Crippen LogP contribution in [-0.2, 0) is 19.1 Å². The van der Waals surface area contributed by atoms with Crippen molar-refractivity contribution in [2.75, 3.05) is 19.8 Å². The molecule has 0 saturated carbocycles. The van der Waals surface area contributed by atoms with Crippen LogP contribution in [0.2, 0.25) is 0 Å². The fraction of sp³-hybridized carbons (Fsp3) is 0.429. The Labute approximate surface area is 102 Å². The number of amides is 1. The standard InChI is InChI=1S/C7H12N2O6P2/c10-4(2-14-6(12)16)1-8-9-5(11)3-15-7(13)17/h8H,1-3,16-17H2,(H,9,11). The number of ketones is 1. The first-order valence-electron chi connectivity index (χ1n) is 4.29. The lowest BCUT2D eigenvalue weighted by molar-refractivity contribution is -0.125. The van der Waals surface area contributed by atoms with Crippen molar-refractivity contribution < 1.29 is 28.7 Å². The molecule has 96 valence electrons. The maximum Gasteiger partial charge on any atom is 0.320 e. The first-order chi connectivity index (χ1) is 7.91. The molecular weight excluding hydrogens is 270 g/mol. The Hall–Kier alpha value is -1.10. The molecule has 2 N–H and O–H groups in total. The van der Waals surface area contributed by atoms with E-state index < -0.39 is 29.7 Å². The molecule has 2 atom stereocenters. The Balaban J connectivity index is 3.55. The summed E-state index contributed by atoms with van der Waals surface area (Å²) in [6.07, 6.45) is 0. The van der Waals surface area contributed by atoms with Crippen LogP contribution in [-0.4, -0.2) is 42.9 Å². The number of hydrogen-bond donors (Lipinski definition) is 2. The molecule has 0 spiro atoms. The molecule has 10 heteroatoms. The zero-order chi connectivity index (χ0) is 13.3. The van der Waals surface area contributed by atoms with Gasteiger partial charge in [-0.1, -0.05) is 0 Å². The molecule has 0 aromatic rings. The van der Waals surface area contributed by atoms with Gasteiger partial charge in [0.1, 0.15) is 0 Å². The number of Topliss-reactive ketones (excluding diaryl/α,β-unsaturated/α-hetero) is 1. The minimum atomic E-state index is -0.663. The van der Waals surface area contributed by atoms with E-state index in [0.29, 0.717) is 0 Å². The van der Waals surface area contributed by atoms with E-state index in [2.05, 4.69) is 20.3 Å². The summed E-state index contributed by atoms with van der Waals surface area (Å²) in [5.74, 6) is -1.04. The number of hydrogen-bond acceptors (Lipinski definition) is 7. The predicted molar refractivity (Wildman–Crippen MR) is 63.3 cm³/mol. The molecule has 0 aromatic carbocycles. The molecule has 0 rings (SSSR count). The van der Waals surface area contributed by atoms with Crippen molar-refractivity contribution in [1.29, 1.82) is 0 Å². The van der Waals surface area contributed by atoms with Gasteiger partial charge in [-0.3, -0.25) is 15.0 Å². The first-order valence-corrected chi connectivity index (χ1v) is 5.45. The van der Waals surface area contributed by atoms with Crippen LogP contribution in [0.25, 0.3) is 0 Å². The number of rotatable bonds is 7. The third kappa shape index (κ3) is 11.2. The second-order valence-electron chi connectivity index (χ2n) is 2.66. The molecule has 0 aromatic heterocycles. The summed E-state index contributed by atoms with van der Waals surface area (Å²) in [5, 5.41) is 0. The Kier molecular flexibility index (Phi) is 8.40. The summed E-state index contributed by atoms with van der Waals surface area (Å²) in [6, 6.07) is 0. The predicted octanol–water partition coefficient (Wildman–Crippen LogP) is -0.800. The van der Waals surface area contributed by atoms with Crippen LogP contribution < -0.4 is 10.9 Å². The molecule has 1 amide bonds. The van der Waals surface area contributed by atoms with Gasteiger partial charge >= 0.3 is 11.4 Å². The summed E-state index contributed by atoms with van der Waals surface area (Å²) in [5.41, 5.74) is 3.09. The van der Waals surface area contributed by atoms with E-state index in [1.807, 2.05) is 0 Å². The average Bonchev–Trinajstić information content (AvgIpc) is 2.23. The van der Waals surface area contributed by atoms with E-state index in [1.54, 1.807) is 18.5 Å². The lowest BCUT2D eigenvalue weighted by Gasteiger charge is -2.06. The number of ether oxygens (including phenoxy) is 2. The van der Waals surface area contributed by atoms with Gasteiger partial charge < -0.3 is 9.47 Å². The fourth-order valence-electron chi connectivity index (χ4n) is 0.617. The molecule has 0 radical (unpaired) electrons. The highest BCUT2D eigenvalue weighted by Gasteiger charge is 2.06. The molecule has 0 aliphatic rings. The topological polar surface area (TPSA) is 111 Å². The van der Waals surface area contributed by atoms with Crippen molar-refractivity contribution in [1.82, 2.24) is 10.9 Å². The Morgan fingerprint density at radius 3 is 2.00 bits per heavy atom. The molecule has 0 aliphatic carbocycles. The molecule has 8 nitrogen and oxygen atoms in total. The van der Waals surface area contributed by atoms with Crippen LogP contribution >= 0.6 is 18.5 Å². The summed E-state index contributed by atoms with van der Waals surface area (Å²) in [4.78, 5) is 42.6. The summed E-state index contributed by atoms with van der Waals surface area (Å²) < 4.78 is 8.74. The van der Waals surface area contributed by atoms with Crippen molar-refractivity contribution in [2.24, 2.45) is 0 Å². The summed E-state index contributed by atoms with van der Waals surface area (Å²) in [7, 11) is 3.50. The summed E-state index contributed by atoms with van der Waals surface area (Å²) >= 11 is 0. The van der Waals surface area contributed by atoms with Crippen LogP contribution in [0.3, 0.4) is 0 Å². The maximum absolute atomic E-state index is 11.0. The fourth-order valence-corrected chi connectivity index (χ4v) is 0.783. The zero-order valence-electron chi connectivity index (χ0n) is 8.73. The number of nitrogens with one attached hydrogen (secondary N) is 2. The van der Waals surface area contributed by atoms with Gasteiger partial charge in [0.25, 0.3) is 5.91 Å². The Morgan fingerprint density at radius 2 is 1.47 bits per heavy atom. The first kappa shape index (κ1) is 15.9. The van der Waals surface area contributed by atoms with E-state index in [4.69, 9.17) is 0 Å². The summed E-state index contributed by atoms with van der Waals surface area (Å²) in [6.45, 7) is -1.05. The highest BCUT2D eigenvalue weighted by atomic mass is 31.0. The second kappa shape index (κ2) is 8.98. The Bertz CT molecular complexity index is 291. The molecule has 0 fully saturated rings. The highest BCUT2D eigenvalue weighted by Crippen LogP contribution is 1.90. The van der Waals surface area contributed by atoms with E-state index in [9.17, 15) is 19.2 Å². The molecular formula is C7H12N2O6P2. The van der Waals surface area contributed by atoms with Crippen molar-refractivity contribution >= 4 is 41.6 Å². The van der Waals surface area contributed by atoms with Gasteiger partial charge in [0.2, 0.25) is 0 Å². The normalized spacial score (nSPS) is 9.29. The molecule has 17 heavy (non-hydrogen) atoms.